The first-order valence-electron chi connectivity index (χ1n) is 7.19. The van der Waals surface area contributed by atoms with E-state index in [0.29, 0.717) is 18.4 Å². The second-order valence-corrected chi connectivity index (χ2v) is 5.87. The minimum Gasteiger partial charge on any atom is -0.481 e. The summed E-state index contributed by atoms with van der Waals surface area (Å²) >= 11 is 0. The summed E-state index contributed by atoms with van der Waals surface area (Å²) < 4.78 is 13.6. The molecule has 1 fully saturated rings. The number of benzene rings is 1. The molecule has 5 heteroatoms. The van der Waals surface area contributed by atoms with E-state index < -0.39 is 23.2 Å². The molecule has 0 spiro atoms. The molecule has 2 N–H and O–H groups in total. The zero-order valence-electron chi connectivity index (χ0n) is 12.1. The molecule has 0 bridgehead atoms. The van der Waals surface area contributed by atoms with E-state index in [9.17, 15) is 19.1 Å². The maximum Gasteiger partial charge on any atom is 0.308 e. The van der Waals surface area contributed by atoms with Crippen molar-refractivity contribution in [1.29, 1.82) is 0 Å². The van der Waals surface area contributed by atoms with Crippen LogP contribution in [0.4, 0.5) is 4.39 Å². The molecule has 1 aliphatic rings. The SMILES string of the molecule is CC1(NC(=O)Cc2ccccc2F)CCCCC1C(=O)O. The maximum absolute atomic E-state index is 13.6. The van der Waals surface area contributed by atoms with Gasteiger partial charge in [-0.3, -0.25) is 9.59 Å². The lowest BCUT2D eigenvalue weighted by molar-refractivity contribution is -0.146. The predicted octanol–water partition coefficient (Wildman–Crippen LogP) is 2.52. The van der Waals surface area contributed by atoms with Crippen molar-refractivity contribution in [2.24, 2.45) is 5.92 Å². The van der Waals surface area contributed by atoms with Crippen molar-refractivity contribution in [3.8, 4) is 0 Å². The first kappa shape index (κ1) is 15.5. The number of aliphatic carboxylic acids is 1. The lowest BCUT2D eigenvalue weighted by Gasteiger charge is -2.39. The molecule has 1 amide bonds. The zero-order chi connectivity index (χ0) is 15.5. The molecule has 114 valence electrons. The van der Waals surface area contributed by atoms with Gasteiger partial charge < -0.3 is 10.4 Å². The highest BCUT2D eigenvalue weighted by Crippen LogP contribution is 2.33. The van der Waals surface area contributed by atoms with Gasteiger partial charge in [0, 0.05) is 0 Å². The molecule has 0 aromatic heterocycles. The summed E-state index contributed by atoms with van der Waals surface area (Å²) in [5, 5.41) is 12.1. The summed E-state index contributed by atoms with van der Waals surface area (Å²) in [6, 6.07) is 6.12. The van der Waals surface area contributed by atoms with Gasteiger partial charge in [0.05, 0.1) is 17.9 Å². The van der Waals surface area contributed by atoms with Crippen LogP contribution in [-0.2, 0) is 16.0 Å². The van der Waals surface area contributed by atoms with Crippen molar-refractivity contribution in [2.75, 3.05) is 0 Å². The third kappa shape index (κ3) is 3.60. The van der Waals surface area contributed by atoms with E-state index in [4.69, 9.17) is 0 Å². The molecule has 1 aromatic rings. The highest BCUT2D eigenvalue weighted by molar-refractivity contribution is 5.81. The molecule has 21 heavy (non-hydrogen) atoms. The van der Waals surface area contributed by atoms with Gasteiger partial charge >= 0.3 is 5.97 Å². The molecule has 0 aliphatic heterocycles. The summed E-state index contributed by atoms with van der Waals surface area (Å²) in [4.78, 5) is 23.5. The Bertz CT molecular complexity index is 546. The number of hydrogen-bond donors (Lipinski definition) is 2. The van der Waals surface area contributed by atoms with Crippen LogP contribution in [0, 0.1) is 11.7 Å². The number of hydrogen-bond acceptors (Lipinski definition) is 2. The summed E-state index contributed by atoms with van der Waals surface area (Å²) in [6.07, 6.45) is 2.86. The predicted molar refractivity (Wildman–Crippen MR) is 76.2 cm³/mol. The molecule has 2 atom stereocenters. The van der Waals surface area contributed by atoms with Gasteiger partial charge in [-0.2, -0.15) is 0 Å². The number of carbonyl (C=O) groups excluding carboxylic acids is 1. The minimum absolute atomic E-state index is 0.0748. The molecule has 2 unspecified atom stereocenters. The van der Waals surface area contributed by atoms with Gasteiger partial charge in [0.15, 0.2) is 0 Å². The number of amides is 1. The van der Waals surface area contributed by atoms with Crippen LogP contribution in [-0.4, -0.2) is 22.5 Å². The van der Waals surface area contributed by atoms with Gasteiger partial charge in [0.2, 0.25) is 5.91 Å². The summed E-state index contributed by atoms with van der Waals surface area (Å²) in [5.41, 5.74) is -0.437. The number of halogens is 1. The van der Waals surface area contributed by atoms with Gasteiger partial charge in [-0.1, -0.05) is 31.0 Å². The van der Waals surface area contributed by atoms with Crippen LogP contribution in [0.1, 0.15) is 38.2 Å². The van der Waals surface area contributed by atoms with Gasteiger partial charge in [0.1, 0.15) is 5.82 Å². The molecule has 1 saturated carbocycles. The maximum atomic E-state index is 13.6. The fourth-order valence-electron chi connectivity index (χ4n) is 3.06. The van der Waals surface area contributed by atoms with E-state index in [-0.39, 0.29) is 12.3 Å². The van der Waals surface area contributed by atoms with Crippen LogP contribution in [0.2, 0.25) is 0 Å². The highest BCUT2D eigenvalue weighted by atomic mass is 19.1. The van der Waals surface area contributed by atoms with Crippen LogP contribution in [0.3, 0.4) is 0 Å². The third-order valence-corrected chi connectivity index (χ3v) is 4.24. The molecule has 0 radical (unpaired) electrons. The molecular formula is C16H20FNO3. The van der Waals surface area contributed by atoms with E-state index in [1.807, 2.05) is 0 Å². The van der Waals surface area contributed by atoms with Gasteiger partial charge in [-0.15, -0.1) is 0 Å². The normalized spacial score (nSPS) is 25.3. The van der Waals surface area contributed by atoms with E-state index in [1.54, 1.807) is 25.1 Å². The number of nitrogens with one attached hydrogen (secondary N) is 1. The average Bonchev–Trinajstić information content (AvgIpc) is 2.41. The fourth-order valence-corrected chi connectivity index (χ4v) is 3.06. The summed E-state index contributed by atoms with van der Waals surface area (Å²) in [5.74, 6) is -2.23. The molecular weight excluding hydrogens is 273 g/mol. The number of carboxylic acids is 1. The smallest absolute Gasteiger partial charge is 0.308 e. The Kier molecular flexibility index (Phi) is 4.60. The van der Waals surface area contributed by atoms with Crippen LogP contribution < -0.4 is 5.32 Å². The van der Waals surface area contributed by atoms with Crippen molar-refractivity contribution in [1.82, 2.24) is 5.32 Å². The van der Waals surface area contributed by atoms with Gasteiger partial charge in [-0.05, 0) is 31.4 Å². The molecule has 0 heterocycles. The molecule has 1 aromatic carbocycles. The lowest BCUT2D eigenvalue weighted by Crippen LogP contribution is -2.55. The van der Waals surface area contributed by atoms with Crippen LogP contribution in [0.25, 0.3) is 0 Å². The van der Waals surface area contributed by atoms with E-state index >= 15 is 0 Å². The lowest BCUT2D eigenvalue weighted by atomic mass is 9.74. The van der Waals surface area contributed by atoms with Crippen LogP contribution in [0.15, 0.2) is 24.3 Å². The van der Waals surface area contributed by atoms with Gasteiger partial charge in [0.25, 0.3) is 0 Å². The zero-order valence-corrected chi connectivity index (χ0v) is 12.1. The van der Waals surface area contributed by atoms with E-state index in [2.05, 4.69) is 5.32 Å². The van der Waals surface area contributed by atoms with Crippen molar-refractivity contribution < 1.29 is 19.1 Å². The summed E-state index contributed by atoms with van der Waals surface area (Å²) in [6.45, 7) is 1.77. The number of rotatable bonds is 4. The first-order valence-corrected chi connectivity index (χ1v) is 7.19. The van der Waals surface area contributed by atoms with Crippen LogP contribution >= 0.6 is 0 Å². The van der Waals surface area contributed by atoms with Crippen molar-refractivity contribution >= 4 is 11.9 Å². The second-order valence-electron chi connectivity index (χ2n) is 5.87. The topological polar surface area (TPSA) is 66.4 Å². The minimum atomic E-state index is -0.886. The van der Waals surface area contributed by atoms with E-state index in [0.717, 1.165) is 12.8 Å². The molecule has 4 nitrogen and oxygen atoms in total. The Morgan fingerprint density at radius 2 is 2.10 bits per heavy atom. The third-order valence-electron chi connectivity index (χ3n) is 4.24. The fraction of sp³-hybridized carbons (Fsp3) is 0.500. The Morgan fingerprint density at radius 3 is 2.76 bits per heavy atom. The van der Waals surface area contributed by atoms with Gasteiger partial charge in [-0.25, -0.2) is 4.39 Å². The number of carboxylic acid groups (broad SMARTS) is 1. The first-order chi connectivity index (χ1) is 9.92. The molecule has 1 aliphatic carbocycles. The monoisotopic (exact) mass is 293 g/mol. The second kappa shape index (κ2) is 6.24. The Hall–Kier alpha value is -1.91. The van der Waals surface area contributed by atoms with Crippen molar-refractivity contribution in [3.63, 3.8) is 0 Å². The average molecular weight is 293 g/mol. The standard InChI is InChI=1S/C16H20FNO3/c1-16(9-5-4-7-12(16)15(20)21)18-14(19)10-11-6-2-3-8-13(11)17/h2-3,6,8,12H,4-5,7,9-10H2,1H3,(H,18,19)(H,20,21). The Balaban J connectivity index is 2.07. The molecule has 0 saturated heterocycles. The largest absolute Gasteiger partial charge is 0.481 e. The Labute approximate surface area is 123 Å². The van der Waals surface area contributed by atoms with E-state index in [1.165, 1.54) is 6.07 Å². The number of carbonyl (C=O) groups is 2. The summed E-state index contributed by atoms with van der Waals surface area (Å²) in [7, 11) is 0. The van der Waals surface area contributed by atoms with Crippen LogP contribution in [0.5, 0.6) is 0 Å². The quantitative estimate of drug-likeness (QED) is 0.896. The molecule has 2 rings (SSSR count). The van der Waals surface area contributed by atoms with Crippen molar-refractivity contribution in [2.45, 2.75) is 44.6 Å². The Morgan fingerprint density at radius 1 is 1.38 bits per heavy atom. The highest BCUT2D eigenvalue weighted by Gasteiger charge is 2.42. The van der Waals surface area contributed by atoms with Crippen molar-refractivity contribution in [3.05, 3.63) is 35.6 Å².